The van der Waals surface area contributed by atoms with Gasteiger partial charge in [-0.2, -0.15) is 0 Å². The van der Waals surface area contributed by atoms with E-state index in [2.05, 4.69) is 15.9 Å². The van der Waals surface area contributed by atoms with Crippen molar-refractivity contribution in [3.8, 4) is 0 Å². The highest BCUT2D eigenvalue weighted by atomic mass is 79.9. The van der Waals surface area contributed by atoms with E-state index in [0.29, 0.717) is 0 Å². The Morgan fingerprint density at radius 2 is 1.78 bits per heavy atom. The van der Waals surface area contributed by atoms with Crippen LogP contribution >= 0.6 is 15.9 Å². The molecule has 98 valence electrons. The van der Waals surface area contributed by atoms with E-state index in [1.807, 2.05) is 12.1 Å². The lowest BCUT2D eigenvalue weighted by Gasteiger charge is -2.30. The van der Waals surface area contributed by atoms with Crippen LogP contribution in [0.3, 0.4) is 0 Å². The minimum Gasteiger partial charge on any atom is -0.481 e. The molecule has 0 fully saturated rings. The van der Waals surface area contributed by atoms with Gasteiger partial charge in [0.25, 0.3) is 0 Å². The molecule has 2 N–H and O–H groups in total. The number of benzene rings is 1. The molecule has 0 aliphatic heterocycles. The third-order valence-corrected chi connectivity index (χ3v) is 3.86. The van der Waals surface area contributed by atoms with Gasteiger partial charge in [-0.05, 0) is 30.5 Å². The molecule has 1 aromatic carbocycles. The minimum atomic E-state index is -1.32. The second kappa shape index (κ2) is 5.52. The third-order valence-electron chi connectivity index (χ3n) is 3.33. The van der Waals surface area contributed by atoms with Crippen molar-refractivity contribution < 1.29 is 19.8 Å². The molecule has 0 unspecified atom stereocenters. The van der Waals surface area contributed by atoms with Crippen molar-refractivity contribution in [2.75, 3.05) is 0 Å². The van der Waals surface area contributed by atoms with Gasteiger partial charge >= 0.3 is 11.9 Å². The molecule has 0 heterocycles. The van der Waals surface area contributed by atoms with Gasteiger partial charge in [0.15, 0.2) is 0 Å². The largest absolute Gasteiger partial charge is 0.481 e. The molecule has 0 aromatic heterocycles. The molecule has 0 amide bonds. The van der Waals surface area contributed by atoms with Gasteiger partial charge in [0.2, 0.25) is 0 Å². The van der Waals surface area contributed by atoms with Crippen molar-refractivity contribution in [3.63, 3.8) is 0 Å². The predicted octanol–water partition coefficient (Wildman–Crippen LogP) is 3.12. The van der Waals surface area contributed by atoms with E-state index in [4.69, 9.17) is 5.11 Å². The standard InChI is InChI=1S/C13H15BrO4/c1-8(9-3-5-10(14)6-4-9)13(2,12(17)18)7-11(15)16/h3-6,8H,7H2,1-2H3,(H,15,16)(H,17,18)/t8-,13-/m1/s1. The summed E-state index contributed by atoms with van der Waals surface area (Å²) in [6.45, 7) is 3.20. The van der Waals surface area contributed by atoms with Gasteiger partial charge < -0.3 is 10.2 Å². The van der Waals surface area contributed by atoms with E-state index >= 15 is 0 Å². The van der Waals surface area contributed by atoms with E-state index in [0.717, 1.165) is 10.0 Å². The summed E-state index contributed by atoms with van der Waals surface area (Å²) in [5, 5.41) is 18.2. The van der Waals surface area contributed by atoms with Crippen molar-refractivity contribution in [1.82, 2.24) is 0 Å². The maximum Gasteiger partial charge on any atom is 0.310 e. The van der Waals surface area contributed by atoms with Gasteiger partial charge in [0.1, 0.15) is 0 Å². The molecule has 18 heavy (non-hydrogen) atoms. The fourth-order valence-corrected chi connectivity index (χ4v) is 2.11. The topological polar surface area (TPSA) is 74.6 Å². The lowest BCUT2D eigenvalue weighted by Crippen LogP contribution is -2.35. The molecule has 0 bridgehead atoms. The smallest absolute Gasteiger partial charge is 0.310 e. The second-order valence-corrected chi connectivity index (χ2v) is 5.48. The number of carboxylic acid groups (broad SMARTS) is 2. The monoisotopic (exact) mass is 314 g/mol. The average Bonchev–Trinajstić information content (AvgIpc) is 2.27. The maximum atomic E-state index is 11.4. The predicted molar refractivity (Wildman–Crippen MR) is 70.6 cm³/mol. The first kappa shape index (κ1) is 14.7. The van der Waals surface area contributed by atoms with E-state index in [1.165, 1.54) is 6.92 Å². The van der Waals surface area contributed by atoms with Gasteiger partial charge in [-0.1, -0.05) is 35.0 Å². The van der Waals surface area contributed by atoms with Gasteiger partial charge in [0.05, 0.1) is 11.8 Å². The first-order chi connectivity index (χ1) is 8.27. The molecule has 0 aliphatic carbocycles. The highest BCUT2D eigenvalue weighted by Gasteiger charge is 2.41. The van der Waals surface area contributed by atoms with E-state index in [-0.39, 0.29) is 5.92 Å². The van der Waals surface area contributed by atoms with Crippen LogP contribution in [-0.2, 0) is 9.59 Å². The van der Waals surface area contributed by atoms with Gasteiger partial charge in [-0.3, -0.25) is 9.59 Å². The van der Waals surface area contributed by atoms with Gasteiger partial charge in [-0.25, -0.2) is 0 Å². The Labute approximate surface area is 114 Å². The van der Waals surface area contributed by atoms with Crippen LogP contribution in [0.5, 0.6) is 0 Å². The van der Waals surface area contributed by atoms with Crippen molar-refractivity contribution in [1.29, 1.82) is 0 Å². The average molecular weight is 315 g/mol. The molecule has 1 aromatic rings. The van der Waals surface area contributed by atoms with Crippen LogP contribution in [-0.4, -0.2) is 22.2 Å². The zero-order valence-corrected chi connectivity index (χ0v) is 11.8. The summed E-state index contributed by atoms with van der Waals surface area (Å²) in [6.07, 6.45) is -0.403. The van der Waals surface area contributed by atoms with E-state index < -0.39 is 23.8 Å². The fraction of sp³-hybridized carbons (Fsp3) is 0.385. The number of rotatable bonds is 5. The lowest BCUT2D eigenvalue weighted by atomic mass is 9.72. The van der Waals surface area contributed by atoms with Crippen molar-refractivity contribution in [2.45, 2.75) is 26.2 Å². The molecule has 0 saturated carbocycles. The van der Waals surface area contributed by atoms with Gasteiger partial charge in [0, 0.05) is 4.47 Å². The molecular weight excluding hydrogens is 300 g/mol. The Morgan fingerprint density at radius 1 is 1.28 bits per heavy atom. The third kappa shape index (κ3) is 3.10. The zero-order chi connectivity index (χ0) is 13.9. The van der Waals surface area contributed by atoms with E-state index in [9.17, 15) is 14.7 Å². The van der Waals surface area contributed by atoms with Gasteiger partial charge in [-0.15, -0.1) is 0 Å². The molecule has 0 saturated heterocycles. The molecule has 1 rings (SSSR count). The van der Waals surface area contributed by atoms with Crippen LogP contribution in [0.25, 0.3) is 0 Å². The first-order valence-electron chi connectivity index (χ1n) is 5.48. The van der Waals surface area contributed by atoms with Crippen LogP contribution < -0.4 is 0 Å². The Morgan fingerprint density at radius 3 is 2.17 bits per heavy atom. The SMILES string of the molecule is C[C@H](c1ccc(Br)cc1)[C@@](C)(CC(=O)O)C(=O)O. The number of carbonyl (C=O) groups is 2. The number of carboxylic acids is 2. The van der Waals surface area contributed by atoms with Crippen LogP contribution in [0.4, 0.5) is 0 Å². The molecule has 0 spiro atoms. The highest BCUT2D eigenvalue weighted by molar-refractivity contribution is 9.10. The van der Waals surface area contributed by atoms with Crippen LogP contribution in [0.15, 0.2) is 28.7 Å². The van der Waals surface area contributed by atoms with Crippen LogP contribution in [0.2, 0.25) is 0 Å². The summed E-state index contributed by atoms with van der Waals surface area (Å²) in [5.74, 6) is -2.59. The molecular formula is C13H15BrO4. The van der Waals surface area contributed by atoms with Crippen LogP contribution in [0.1, 0.15) is 31.7 Å². The van der Waals surface area contributed by atoms with Crippen molar-refractivity contribution >= 4 is 27.9 Å². The Bertz CT molecular complexity index is 455. The summed E-state index contributed by atoms with van der Waals surface area (Å²) < 4.78 is 0.897. The minimum absolute atomic E-state index is 0.390. The Balaban J connectivity index is 3.10. The number of hydrogen-bond acceptors (Lipinski definition) is 2. The molecule has 4 nitrogen and oxygen atoms in total. The zero-order valence-electron chi connectivity index (χ0n) is 10.2. The molecule has 5 heteroatoms. The highest BCUT2D eigenvalue weighted by Crippen LogP contribution is 2.39. The summed E-state index contributed by atoms with van der Waals surface area (Å²) in [5.41, 5.74) is -0.510. The quantitative estimate of drug-likeness (QED) is 0.875. The fourth-order valence-electron chi connectivity index (χ4n) is 1.85. The number of aliphatic carboxylic acids is 2. The second-order valence-electron chi connectivity index (χ2n) is 4.57. The van der Waals surface area contributed by atoms with Crippen LogP contribution in [0, 0.1) is 5.41 Å². The van der Waals surface area contributed by atoms with Crippen molar-refractivity contribution in [2.24, 2.45) is 5.41 Å². The summed E-state index contributed by atoms with van der Waals surface area (Å²) in [6, 6.07) is 7.24. The number of halogens is 1. The molecule has 0 radical (unpaired) electrons. The first-order valence-corrected chi connectivity index (χ1v) is 6.27. The lowest BCUT2D eigenvalue weighted by molar-refractivity contribution is -0.156. The summed E-state index contributed by atoms with van der Waals surface area (Å²) >= 11 is 3.30. The number of hydrogen-bond donors (Lipinski definition) is 2. The van der Waals surface area contributed by atoms with Crippen molar-refractivity contribution in [3.05, 3.63) is 34.3 Å². The Hall–Kier alpha value is -1.36. The molecule has 2 atom stereocenters. The Kier molecular flexibility index (Phi) is 4.51. The van der Waals surface area contributed by atoms with E-state index in [1.54, 1.807) is 19.1 Å². The summed E-state index contributed by atoms with van der Waals surface area (Å²) in [4.78, 5) is 22.2. The normalized spacial score (nSPS) is 15.7. The summed E-state index contributed by atoms with van der Waals surface area (Å²) in [7, 11) is 0. The molecule has 0 aliphatic rings. The maximum absolute atomic E-state index is 11.4.